The van der Waals surface area contributed by atoms with Gasteiger partial charge in [0.1, 0.15) is 0 Å². The van der Waals surface area contributed by atoms with Gasteiger partial charge in [-0.2, -0.15) is 0 Å². The lowest BCUT2D eigenvalue weighted by Crippen LogP contribution is -2.11. The maximum atomic E-state index is 3.97. The molecule has 0 unspecified atom stereocenters. The Morgan fingerprint density at radius 1 is 1.31 bits per heavy atom. The van der Waals surface area contributed by atoms with Gasteiger partial charge < -0.3 is 4.90 Å². The van der Waals surface area contributed by atoms with E-state index in [-0.39, 0.29) is 0 Å². The van der Waals surface area contributed by atoms with Crippen molar-refractivity contribution in [2.45, 2.75) is 13.5 Å². The molecule has 0 aromatic heterocycles. The lowest BCUT2D eigenvalue weighted by atomic mass is 10.0. The minimum Gasteiger partial charge on any atom is -0.305 e. The summed E-state index contributed by atoms with van der Waals surface area (Å²) in [6, 6.07) is 8.42. The first-order chi connectivity index (χ1) is 6.11. The molecule has 0 aliphatic rings. The van der Waals surface area contributed by atoms with Crippen LogP contribution in [-0.4, -0.2) is 19.0 Å². The summed E-state index contributed by atoms with van der Waals surface area (Å²) in [7, 11) is 4.16. The van der Waals surface area contributed by atoms with Gasteiger partial charge in [-0.25, -0.2) is 0 Å². The number of benzene rings is 1. The van der Waals surface area contributed by atoms with E-state index in [4.69, 9.17) is 0 Å². The molecule has 13 heavy (non-hydrogen) atoms. The topological polar surface area (TPSA) is 3.24 Å². The Kier molecular flexibility index (Phi) is 3.26. The fourth-order valence-electron chi connectivity index (χ4n) is 1.42. The highest BCUT2D eigenvalue weighted by Crippen LogP contribution is 2.17. The highest BCUT2D eigenvalue weighted by atomic mass is 15.0. The molecule has 0 saturated heterocycles. The second-order valence-corrected chi connectivity index (χ2v) is 3.68. The number of allylic oxidation sites excluding steroid dienone is 1. The third kappa shape index (κ3) is 2.71. The molecule has 1 rings (SSSR count). The molecule has 0 heterocycles. The normalized spacial score (nSPS) is 10.5. The minimum atomic E-state index is 0.975. The van der Waals surface area contributed by atoms with E-state index in [1.165, 1.54) is 11.1 Å². The van der Waals surface area contributed by atoms with Crippen LogP contribution in [0.2, 0.25) is 0 Å². The highest BCUT2D eigenvalue weighted by Gasteiger charge is 2.02. The van der Waals surface area contributed by atoms with Crippen LogP contribution in [0.15, 0.2) is 30.8 Å². The summed E-state index contributed by atoms with van der Waals surface area (Å²) < 4.78 is 0. The first-order valence-corrected chi connectivity index (χ1v) is 4.50. The quantitative estimate of drug-likeness (QED) is 0.682. The third-order valence-corrected chi connectivity index (χ3v) is 1.96. The molecule has 0 bridgehead atoms. The molecule has 0 fully saturated rings. The van der Waals surface area contributed by atoms with Crippen molar-refractivity contribution in [1.29, 1.82) is 0 Å². The molecule has 0 atom stereocenters. The van der Waals surface area contributed by atoms with Crippen molar-refractivity contribution in [1.82, 2.24) is 4.90 Å². The van der Waals surface area contributed by atoms with Crippen LogP contribution in [0.5, 0.6) is 0 Å². The van der Waals surface area contributed by atoms with Crippen LogP contribution in [0, 0.1) is 0 Å². The van der Waals surface area contributed by atoms with Gasteiger partial charge in [0.15, 0.2) is 0 Å². The molecule has 1 aromatic rings. The van der Waals surface area contributed by atoms with Crippen molar-refractivity contribution in [2.24, 2.45) is 0 Å². The minimum absolute atomic E-state index is 0.975. The lowest BCUT2D eigenvalue weighted by molar-refractivity contribution is 0.402. The van der Waals surface area contributed by atoms with Crippen LogP contribution in [0.3, 0.4) is 0 Å². The molecule has 0 radical (unpaired) electrons. The number of hydrogen-bond acceptors (Lipinski definition) is 1. The third-order valence-electron chi connectivity index (χ3n) is 1.96. The number of hydrogen-bond donors (Lipinski definition) is 0. The Labute approximate surface area is 80.7 Å². The van der Waals surface area contributed by atoms with Gasteiger partial charge in [0, 0.05) is 6.54 Å². The van der Waals surface area contributed by atoms with Crippen molar-refractivity contribution in [3.05, 3.63) is 42.0 Å². The largest absolute Gasteiger partial charge is 0.305 e. The zero-order chi connectivity index (χ0) is 9.84. The number of nitrogens with zero attached hydrogens (tertiary/aromatic N) is 1. The van der Waals surface area contributed by atoms with E-state index in [9.17, 15) is 0 Å². The van der Waals surface area contributed by atoms with E-state index in [1.54, 1.807) is 0 Å². The molecule has 1 aromatic carbocycles. The molecule has 0 spiro atoms. The van der Waals surface area contributed by atoms with Gasteiger partial charge in [0.25, 0.3) is 0 Å². The van der Waals surface area contributed by atoms with Gasteiger partial charge in [-0.3, -0.25) is 0 Å². The summed E-state index contributed by atoms with van der Waals surface area (Å²) in [5.74, 6) is 0. The molecule has 0 amide bonds. The second-order valence-electron chi connectivity index (χ2n) is 3.68. The van der Waals surface area contributed by atoms with Gasteiger partial charge in [-0.05, 0) is 32.1 Å². The SMILES string of the molecule is C=C(C)c1ccccc1CN(C)C. The Morgan fingerprint density at radius 2 is 1.92 bits per heavy atom. The smallest absolute Gasteiger partial charge is 0.0233 e. The predicted molar refractivity (Wildman–Crippen MR) is 58.5 cm³/mol. The molecule has 1 heteroatoms. The van der Waals surface area contributed by atoms with Crippen LogP contribution in [0.4, 0.5) is 0 Å². The Hall–Kier alpha value is -1.08. The molecular formula is C12H17N. The zero-order valence-electron chi connectivity index (χ0n) is 8.67. The molecule has 70 valence electrons. The molecule has 0 aliphatic carbocycles. The maximum Gasteiger partial charge on any atom is 0.0233 e. The van der Waals surface area contributed by atoms with Gasteiger partial charge in [-0.1, -0.05) is 36.4 Å². The van der Waals surface area contributed by atoms with Crippen molar-refractivity contribution in [3.63, 3.8) is 0 Å². The Morgan fingerprint density at radius 3 is 2.46 bits per heavy atom. The first-order valence-electron chi connectivity index (χ1n) is 4.50. The average molecular weight is 175 g/mol. The number of rotatable bonds is 3. The van der Waals surface area contributed by atoms with Crippen LogP contribution >= 0.6 is 0 Å². The Bertz CT molecular complexity index is 300. The van der Waals surface area contributed by atoms with Crippen molar-refractivity contribution >= 4 is 5.57 Å². The van der Waals surface area contributed by atoms with Crippen molar-refractivity contribution < 1.29 is 0 Å². The molecule has 0 N–H and O–H groups in total. The summed E-state index contributed by atoms with van der Waals surface area (Å²) >= 11 is 0. The predicted octanol–water partition coefficient (Wildman–Crippen LogP) is 2.78. The van der Waals surface area contributed by atoms with Crippen LogP contribution in [0.25, 0.3) is 5.57 Å². The average Bonchev–Trinajstić information content (AvgIpc) is 2.03. The van der Waals surface area contributed by atoms with Crippen LogP contribution < -0.4 is 0 Å². The lowest BCUT2D eigenvalue weighted by Gasteiger charge is -2.13. The molecule has 0 aliphatic heterocycles. The highest BCUT2D eigenvalue weighted by molar-refractivity contribution is 5.64. The molecule has 1 nitrogen and oxygen atoms in total. The van der Waals surface area contributed by atoms with Crippen LogP contribution in [-0.2, 0) is 6.54 Å². The fourth-order valence-corrected chi connectivity index (χ4v) is 1.42. The molecule has 0 saturated carbocycles. The standard InChI is InChI=1S/C12H17N/c1-10(2)12-8-6-5-7-11(12)9-13(3)4/h5-8H,1,9H2,2-4H3. The van der Waals surface area contributed by atoms with E-state index in [0.717, 1.165) is 12.1 Å². The van der Waals surface area contributed by atoms with Gasteiger partial charge in [-0.15, -0.1) is 0 Å². The monoisotopic (exact) mass is 175 g/mol. The van der Waals surface area contributed by atoms with Crippen LogP contribution in [0.1, 0.15) is 18.1 Å². The van der Waals surface area contributed by atoms with Gasteiger partial charge in [0.05, 0.1) is 0 Å². The maximum absolute atomic E-state index is 3.97. The Balaban J connectivity index is 2.98. The molecular weight excluding hydrogens is 158 g/mol. The van der Waals surface area contributed by atoms with E-state index in [2.05, 4.69) is 56.8 Å². The summed E-state index contributed by atoms with van der Waals surface area (Å²) in [5, 5.41) is 0. The van der Waals surface area contributed by atoms with Gasteiger partial charge in [0.2, 0.25) is 0 Å². The van der Waals surface area contributed by atoms with E-state index < -0.39 is 0 Å². The summed E-state index contributed by atoms with van der Waals surface area (Å²) in [6.07, 6.45) is 0. The summed E-state index contributed by atoms with van der Waals surface area (Å²) in [5.41, 5.74) is 3.76. The zero-order valence-corrected chi connectivity index (χ0v) is 8.67. The van der Waals surface area contributed by atoms with Crippen molar-refractivity contribution in [2.75, 3.05) is 14.1 Å². The van der Waals surface area contributed by atoms with E-state index in [1.807, 2.05) is 0 Å². The second kappa shape index (κ2) is 4.24. The summed E-state index contributed by atoms with van der Waals surface area (Å²) in [6.45, 7) is 7.00. The fraction of sp³-hybridized carbons (Fsp3) is 0.333. The summed E-state index contributed by atoms with van der Waals surface area (Å²) in [4.78, 5) is 2.17. The van der Waals surface area contributed by atoms with E-state index in [0.29, 0.717) is 0 Å². The van der Waals surface area contributed by atoms with E-state index >= 15 is 0 Å². The van der Waals surface area contributed by atoms with Gasteiger partial charge >= 0.3 is 0 Å². The first kappa shape index (κ1) is 10.0. The van der Waals surface area contributed by atoms with Crippen molar-refractivity contribution in [3.8, 4) is 0 Å².